The Kier molecular flexibility index (Phi) is 3.96. The smallest absolute Gasteiger partial charge is 0.134 e. The van der Waals surface area contributed by atoms with E-state index in [9.17, 15) is 0 Å². The molecule has 0 amide bonds. The van der Waals surface area contributed by atoms with Crippen molar-refractivity contribution in [2.75, 3.05) is 0 Å². The summed E-state index contributed by atoms with van der Waals surface area (Å²) in [6.45, 7) is 2.06. The number of piperidine rings is 1. The molecule has 2 aliphatic heterocycles. The molecule has 120 valence electrons. The summed E-state index contributed by atoms with van der Waals surface area (Å²) in [7, 11) is 0. The van der Waals surface area contributed by atoms with Crippen LogP contribution in [0.25, 0.3) is 0 Å². The fraction of sp³-hybridized carbons (Fsp3) is 0.400. The van der Waals surface area contributed by atoms with E-state index >= 15 is 0 Å². The third-order valence-corrected chi connectivity index (χ3v) is 4.86. The minimum absolute atomic E-state index is 0.320. The van der Waals surface area contributed by atoms with Crippen LogP contribution in [0.5, 0.6) is 17.2 Å². The fourth-order valence-electron chi connectivity index (χ4n) is 3.67. The van der Waals surface area contributed by atoms with Crippen molar-refractivity contribution in [1.82, 2.24) is 5.32 Å². The van der Waals surface area contributed by atoms with Crippen LogP contribution in [0.15, 0.2) is 48.5 Å². The topological polar surface area (TPSA) is 30.5 Å². The number of nitrogens with one attached hydrogen (secondary N) is 1. The Morgan fingerprint density at radius 1 is 0.913 bits per heavy atom. The fourth-order valence-corrected chi connectivity index (χ4v) is 3.67. The van der Waals surface area contributed by atoms with Gasteiger partial charge in [0.15, 0.2) is 0 Å². The first kappa shape index (κ1) is 14.6. The first-order valence-corrected chi connectivity index (χ1v) is 8.52. The molecule has 2 heterocycles. The van der Waals surface area contributed by atoms with Gasteiger partial charge in [-0.3, -0.25) is 0 Å². The largest absolute Gasteiger partial charge is 0.490 e. The molecule has 2 bridgehead atoms. The Labute approximate surface area is 137 Å². The Morgan fingerprint density at radius 2 is 1.65 bits per heavy atom. The molecule has 0 aliphatic carbocycles. The van der Waals surface area contributed by atoms with Crippen LogP contribution in [0.2, 0.25) is 0 Å². The van der Waals surface area contributed by atoms with E-state index < -0.39 is 0 Å². The first-order chi connectivity index (χ1) is 11.3. The van der Waals surface area contributed by atoms with E-state index in [1.807, 2.05) is 36.4 Å². The normalized spacial score (nSPS) is 26.0. The second-order valence-electron chi connectivity index (χ2n) is 6.69. The number of hydrogen-bond donors (Lipinski definition) is 1. The van der Waals surface area contributed by atoms with Gasteiger partial charge >= 0.3 is 0 Å². The minimum Gasteiger partial charge on any atom is -0.490 e. The lowest BCUT2D eigenvalue weighted by Gasteiger charge is -2.29. The molecule has 3 atom stereocenters. The van der Waals surface area contributed by atoms with Gasteiger partial charge in [-0.1, -0.05) is 24.3 Å². The van der Waals surface area contributed by atoms with Gasteiger partial charge in [0, 0.05) is 18.2 Å². The van der Waals surface area contributed by atoms with Gasteiger partial charge in [0.25, 0.3) is 0 Å². The summed E-state index contributed by atoms with van der Waals surface area (Å²) in [5, 5.41) is 3.65. The van der Waals surface area contributed by atoms with Gasteiger partial charge in [-0.2, -0.15) is 0 Å². The zero-order valence-electron chi connectivity index (χ0n) is 13.5. The van der Waals surface area contributed by atoms with Crippen molar-refractivity contribution in [3.63, 3.8) is 0 Å². The Bertz CT molecular complexity index is 659. The molecule has 2 aromatic carbocycles. The highest BCUT2D eigenvalue weighted by molar-refractivity contribution is 5.42. The van der Waals surface area contributed by atoms with Crippen molar-refractivity contribution in [2.24, 2.45) is 0 Å². The van der Waals surface area contributed by atoms with Gasteiger partial charge in [0.2, 0.25) is 0 Å². The number of ether oxygens (including phenoxy) is 2. The molecule has 2 saturated heterocycles. The highest BCUT2D eigenvalue weighted by Gasteiger charge is 2.34. The van der Waals surface area contributed by atoms with Crippen molar-refractivity contribution in [3.8, 4) is 17.2 Å². The molecule has 4 rings (SSSR count). The molecule has 2 aromatic rings. The number of hydrogen-bond acceptors (Lipinski definition) is 3. The number of fused-ring (bicyclic) bond motifs is 2. The van der Waals surface area contributed by atoms with Crippen LogP contribution in [-0.2, 0) is 0 Å². The van der Waals surface area contributed by atoms with Crippen LogP contribution < -0.4 is 14.8 Å². The van der Waals surface area contributed by atoms with E-state index in [4.69, 9.17) is 9.47 Å². The maximum atomic E-state index is 6.25. The van der Waals surface area contributed by atoms with Crippen LogP contribution in [0.3, 0.4) is 0 Å². The zero-order chi connectivity index (χ0) is 15.6. The second-order valence-corrected chi connectivity index (χ2v) is 6.69. The van der Waals surface area contributed by atoms with Crippen molar-refractivity contribution in [2.45, 2.75) is 50.8 Å². The number of rotatable bonds is 4. The molecule has 0 unspecified atom stereocenters. The van der Waals surface area contributed by atoms with E-state index in [0.717, 1.165) is 35.7 Å². The monoisotopic (exact) mass is 309 g/mol. The van der Waals surface area contributed by atoms with E-state index in [0.29, 0.717) is 18.2 Å². The summed E-state index contributed by atoms with van der Waals surface area (Å²) < 4.78 is 12.3. The Balaban J connectivity index is 1.48. The Hall–Kier alpha value is -2.00. The minimum atomic E-state index is 0.320. The molecule has 2 aliphatic rings. The van der Waals surface area contributed by atoms with E-state index in [2.05, 4.69) is 24.4 Å². The van der Waals surface area contributed by atoms with Crippen molar-refractivity contribution < 1.29 is 9.47 Å². The summed E-state index contributed by atoms with van der Waals surface area (Å²) >= 11 is 0. The molecular formula is C20H23NO2. The van der Waals surface area contributed by atoms with Crippen LogP contribution in [-0.4, -0.2) is 18.2 Å². The molecule has 3 nitrogen and oxygen atoms in total. The van der Waals surface area contributed by atoms with Gasteiger partial charge < -0.3 is 14.8 Å². The highest BCUT2D eigenvalue weighted by Crippen LogP contribution is 2.33. The van der Waals surface area contributed by atoms with Gasteiger partial charge in [0.1, 0.15) is 23.4 Å². The van der Waals surface area contributed by atoms with Crippen molar-refractivity contribution >= 4 is 0 Å². The second kappa shape index (κ2) is 6.25. The molecule has 2 fully saturated rings. The average molecular weight is 309 g/mol. The van der Waals surface area contributed by atoms with E-state index in [-0.39, 0.29) is 0 Å². The third-order valence-electron chi connectivity index (χ3n) is 4.86. The predicted octanol–water partition coefficient (Wildman–Crippen LogP) is 4.45. The molecule has 23 heavy (non-hydrogen) atoms. The molecule has 0 aromatic heterocycles. The van der Waals surface area contributed by atoms with Crippen LogP contribution >= 0.6 is 0 Å². The van der Waals surface area contributed by atoms with Crippen LogP contribution in [0, 0.1) is 6.92 Å². The number of aryl methyl sites for hydroxylation is 1. The third kappa shape index (κ3) is 3.35. The summed E-state index contributed by atoms with van der Waals surface area (Å²) in [6, 6.07) is 17.3. The molecule has 0 radical (unpaired) electrons. The first-order valence-electron chi connectivity index (χ1n) is 8.52. The lowest BCUT2D eigenvalue weighted by molar-refractivity contribution is 0.137. The maximum absolute atomic E-state index is 6.25. The lowest BCUT2D eigenvalue weighted by Crippen LogP contribution is -2.42. The highest BCUT2D eigenvalue weighted by atomic mass is 16.5. The summed E-state index contributed by atoms with van der Waals surface area (Å²) in [6.07, 6.45) is 5.13. The number of para-hydroxylation sites is 1. The maximum Gasteiger partial charge on any atom is 0.134 e. The van der Waals surface area contributed by atoms with Gasteiger partial charge in [-0.15, -0.1) is 0 Å². The SMILES string of the molecule is Cc1ccc(O[C@@H]2C[C@H]3CC[C@@H](C2)N3)cc1Oc1ccccc1. The Morgan fingerprint density at radius 3 is 2.39 bits per heavy atom. The lowest BCUT2D eigenvalue weighted by atomic mass is 10.0. The molecule has 3 heteroatoms. The summed E-state index contributed by atoms with van der Waals surface area (Å²) in [5.74, 6) is 2.63. The van der Waals surface area contributed by atoms with Crippen molar-refractivity contribution in [3.05, 3.63) is 54.1 Å². The quantitative estimate of drug-likeness (QED) is 0.905. The van der Waals surface area contributed by atoms with Crippen LogP contribution in [0.1, 0.15) is 31.2 Å². The van der Waals surface area contributed by atoms with Crippen LogP contribution in [0.4, 0.5) is 0 Å². The van der Waals surface area contributed by atoms with Gasteiger partial charge in [0.05, 0.1) is 0 Å². The van der Waals surface area contributed by atoms with Crippen molar-refractivity contribution in [1.29, 1.82) is 0 Å². The zero-order valence-corrected chi connectivity index (χ0v) is 13.5. The van der Waals surface area contributed by atoms with E-state index in [1.54, 1.807) is 0 Å². The van der Waals surface area contributed by atoms with E-state index in [1.165, 1.54) is 12.8 Å². The average Bonchev–Trinajstić information content (AvgIpc) is 2.90. The standard InChI is InChI=1S/C20H23NO2/c1-14-7-10-18(13-20(14)23-17-5-3-2-4-6-17)22-19-11-15-8-9-16(12-19)21-15/h2-7,10,13,15-16,19,21H,8-9,11-12H2,1H3/t15-,16+,19-. The molecule has 0 spiro atoms. The molecular weight excluding hydrogens is 286 g/mol. The molecule has 1 N–H and O–H groups in total. The van der Waals surface area contributed by atoms with Gasteiger partial charge in [-0.25, -0.2) is 0 Å². The summed E-state index contributed by atoms with van der Waals surface area (Å²) in [5.41, 5.74) is 1.12. The summed E-state index contributed by atoms with van der Waals surface area (Å²) in [4.78, 5) is 0. The predicted molar refractivity (Wildman–Crippen MR) is 91.3 cm³/mol. The number of benzene rings is 2. The van der Waals surface area contributed by atoms with Gasteiger partial charge in [-0.05, 0) is 56.4 Å². The molecule has 0 saturated carbocycles.